The smallest absolute Gasteiger partial charge is 0.409 e. The summed E-state index contributed by atoms with van der Waals surface area (Å²) in [6.07, 6.45) is 4.84. The Labute approximate surface area is 183 Å². The van der Waals surface area contributed by atoms with Crippen LogP contribution < -0.4 is 0 Å². The van der Waals surface area contributed by atoms with Crippen LogP contribution in [-0.2, 0) is 14.3 Å². The molecule has 0 aromatic carbocycles. The lowest BCUT2D eigenvalue weighted by Crippen LogP contribution is -2.62. The molecular formula is C24H35NO6. The maximum absolute atomic E-state index is 13.1. The molecule has 0 heterocycles. The molecular weight excluding hydrogens is 398 g/mol. The Morgan fingerprint density at radius 1 is 1.19 bits per heavy atom. The Morgan fingerprint density at radius 3 is 2.58 bits per heavy atom. The van der Waals surface area contributed by atoms with Crippen molar-refractivity contribution in [3.8, 4) is 0 Å². The number of ether oxygens (including phenoxy) is 1. The summed E-state index contributed by atoms with van der Waals surface area (Å²) < 4.78 is 5.07. The van der Waals surface area contributed by atoms with Gasteiger partial charge in [-0.3, -0.25) is 9.59 Å². The third-order valence-electron chi connectivity index (χ3n) is 9.20. The number of hydrogen-bond acceptors (Lipinski definition) is 6. The van der Waals surface area contributed by atoms with E-state index >= 15 is 0 Å². The van der Waals surface area contributed by atoms with Gasteiger partial charge in [0.05, 0.1) is 6.10 Å². The first-order valence-corrected chi connectivity index (χ1v) is 11.5. The molecule has 7 unspecified atom stereocenters. The molecule has 4 aliphatic rings. The lowest BCUT2D eigenvalue weighted by Gasteiger charge is -2.60. The van der Waals surface area contributed by atoms with Gasteiger partial charge in [0.1, 0.15) is 5.60 Å². The molecule has 31 heavy (non-hydrogen) atoms. The summed E-state index contributed by atoms with van der Waals surface area (Å²) in [5.41, 5.74) is -1.43. The first-order chi connectivity index (χ1) is 14.4. The van der Waals surface area contributed by atoms with Crippen molar-refractivity contribution in [2.24, 2.45) is 28.6 Å². The minimum atomic E-state index is -1.62. The average Bonchev–Trinajstić information content (AvgIpc) is 2.97. The molecule has 2 N–H and O–H groups in total. The van der Waals surface area contributed by atoms with Crippen LogP contribution in [-0.4, -0.2) is 65.2 Å². The molecule has 172 valence electrons. The van der Waals surface area contributed by atoms with Gasteiger partial charge in [-0.25, -0.2) is 4.79 Å². The number of aliphatic hydroxyl groups excluding tert-OH is 1. The Balaban J connectivity index is 1.60. The van der Waals surface area contributed by atoms with Crippen molar-refractivity contribution in [2.45, 2.75) is 70.5 Å². The monoisotopic (exact) mass is 433 g/mol. The van der Waals surface area contributed by atoms with Crippen LogP contribution in [0.15, 0.2) is 11.6 Å². The number of carbonyl (C=O) groups excluding carboxylic acids is 3. The summed E-state index contributed by atoms with van der Waals surface area (Å²) in [7, 11) is 3.08. The van der Waals surface area contributed by atoms with Crippen LogP contribution in [0.5, 0.6) is 0 Å². The number of rotatable bonds is 3. The van der Waals surface area contributed by atoms with E-state index < -0.39 is 35.6 Å². The van der Waals surface area contributed by atoms with Gasteiger partial charge in [0, 0.05) is 25.9 Å². The Kier molecular flexibility index (Phi) is 5.37. The molecule has 0 saturated heterocycles. The highest BCUT2D eigenvalue weighted by Gasteiger charge is 2.68. The van der Waals surface area contributed by atoms with Gasteiger partial charge in [-0.05, 0) is 67.8 Å². The van der Waals surface area contributed by atoms with E-state index in [9.17, 15) is 24.6 Å². The van der Waals surface area contributed by atoms with E-state index in [-0.39, 0.29) is 29.0 Å². The molecule has 3 saturated carbocycles. The average molecular weight is 434 g/mol. The minimum absolute atomic E-state index is 0.0303. The zero-order chi connectivity index (χ0) is 22.8. The predicted octanol–water partition coefficient (Wildman–Crippen LogP) is 2.49. The van der Waals surface area contributed by atoms with Crippen molar-refractivity contribution in [3.63, 3.8) is 0 Å². The number of Topliss-reactive ketones (excluding diaryl/α,β-unsaturated/α-hetero) is 1. The van der Waals surface area contributed by atoms with E-state index in [1.165, 1.54) is 19.0 Å². The fraction of sp³-hybridized carbons (Fsp3) is 0.792. The molecule has 0 radical (unpaired) electrons. The first-order valence-electron chi connectivity index (χ1n) is 11.5. The van der Waals surface area contributed by atoms with Gasteiger partial charge >= 0.3 is 6.09 Å². The van der Waals surface area contributed by atoms with Gasteiger partial charge in [-0.15, -0.1) is 0 Å². The van der Waals surface area contributed by atoms with Crippen LogP contribution >= 0.6 is 0 Å². The molecule has 7 atom stereocenters. The topological polar surface area (TPSA) is 104 Å². The molecule has 0 spiro atoms. The Bertz CT molecular complexity index is 836. The third kappa shape index (κ3) is 3.18. The van der Waals surface area contributed by atoms with Crippen LogP contribution in [0.1, 0.15) is 58.8 Å². The second kappa shape index (κ2) is 7.41. The molecule has 3 fully saturated rings. The number of nitrogens with zero attached hydrogens (tertiary/aromatic N) is 1. The number of aliphatic hydroxyl groups is 2. The van der Waals surface area contributed by atoms with Crippen molar-refractivity contribution in [3.05, 3.63) is 11.6 Å². The summed E-state index contributed by atoms with van der Waals surface area (Å²) in [6.45, 7) is 3.64. The molecule has 1 amide bonds. The summed E-state index contributed by atoms with van der Waals surface area (Å²) >= 11 is 0. The number of fused-ring (bicyclic) bond motifs is 5. The van der Waals surface area contributed by atoms with E-state index in [0.29, 0.717) is 25.7 Å². The Morgan fingerprint density at radius 2 is 1.90 bits per heavy atom. The highest BCUT2D eigenvalue weighted by Crippen LogP contribution is 2.67. The van der Waals surface area contributed by atoms with Crippen molar-refractivity contribution in [2.75, 3.05) is 20.7 Å². The third-order valence-corrected chi connectivity index (χ3v) is 9.20. The number of hydrogen-bond donors (Lipinski definition) is 2. The molecule has 0 aliphatic heterocycles. The van der Waals surface area contributed by atoms with Gasteiger partial charge in [-0.2, -0.15) is 0 Å². The van der Waals surface area contributed by atoms with Gasteiger partial charge < -0.3 is 19.8 Å². The second-order valence-electron chi connectivity index (χ2n) is 10.8. The second-order valence-corrected chi connectivity index (χ2v) is 10.8. The highest BCUT2D eigenvalue weighted by molar-refractivity contribution is 5.92. The van der Waals surface area contributed by atoms with Gasteiger partial charge in [0.15, 0.2) is 12.4 Å². The lowest BCUT2D eigenvalue weighted by atomic mass is 9.45. The zero-order valence-electron chi connectivity index (χ0n) is 19.0. The van der Waals surface area contributed by atoms with Crippen LogP contribution in [0.25, 0.3) is 0 Å². The molecule has 0 bridgehead atoms. The van der Waals surface area contributed by atoms with Crippen molar-refractivity contribution >= 4 is 17.7 Å². The number of ketones is 2. The van der Waals surface area contributed by atoms with Gasteiger partial charge in [0.2, 0.25) is 5.78 Å². The molecule has 0 aromatic rings. The SMILES string of the molecule is CN(C)C(=O)OCC(=O)C1(O)CCC2C3CCC4=CC(=O)CCC4(C)C3C(O)CC21C. The maximum Gasteiger partial charge on any atom is 0.409 e. The molecule has 4 aliphatic carbocycles. The van der Waals surface area contributed by atoms with E-state index in [2.05, 4.69) is 6.92 Å². The van der Waals surface area contributed by atoms with Gasteiger partial charge in [0.25, 0.3) is 0 Å². The van der Waals surface area contributed by atoms with E-state index in [0.717, 1.165) is 24.8 Å². The first kappa shape index (κ1) is 22.5. The standard InChI is InChI=1S/C24H35NO6/c1-22-9-7-15(26)11-14(22)5-6-16-17-8-10-24(30,19(28)13-31-21(29)25(3)4)23(17,2)12-18(27)20(16)22/h11,16-18,20,27,30H,5-10,12-13H2,1-4H3. The fourth-order valence-corrected chi connectivity index (χ4v) is 7.53. The van der Waals surface area contributed by atoms with E-state index in [1.807, 2.05) is 6.92 Å². The summed E-state index contributed by atoms with van der Waals surface area (Å²) in [5, 5.41) is 22.9. The van der Waals surface area contributed by atoms with Crippen LogP contribution in [0.2, 0.25) is 0 Å². The predicted molar refractivity (Wildman–Crippen MR) is 113 cm³/mol. The van der Waals surface area contributed by atoms with Crippen molar-refractivity contribution in [1.82, 2.24) is 4.90 Å². The van der Waals surface area contributed by atoms with Crippen LogP contribution in [0.4, 0.5) is 4.79 Å². The number of carbonyl (C=O) groups is 3. The van der Waals surface area contributed by atoms with E-state index in [1.54, 1.807) is 6.08 Å². The molecule has 7 heteroatoms. The highest BCUT2D eigenvalue weighted by atomic mass is 16.6. The molecule has 4 rings (SSSR count). The summed E-state index contributed by atoms with van der Waals surface area (Å²) in [5.74, 6) is 0.0201. The fourth-order valence-electron chi connectivity index (χ4n) is 7.53. The van der Waals surface area contributed by atoms with Crippen LogP contribution in [0.3, 0.4) is 0 Å². The quantitative estimate of drug-likeness (QED) is 0.709. The van der Waals surface area contributed by atoms with Crippen molar-refractivity contribution in [1.29, 1.82) is 0 Å². The molecule has 7 nitrogen and oxygen atoms in total. The minimum Gasteiger partial charge on any atom is -0.441 e. The normalized spacial score (nSPS) is 43.9. The number of amides is 1. The van der Waals surface area contributed by atoms with Crippen molar-refractivity contribution < 1.29 is 29.3 Å². The lowest BCUT2D eigenvalue weighted by molar-refractivity contribution is -0.182. The van der Waals surface area contributed by atoms with E-state index in [4.69, 9.17) is 4.74 Å². The summed E-state index contributed by atoms with van der Waals surface area (Å²) in [6, 6.07) is 0. The van der Waals surface area contributed by atoms with Crippen LogP contribution in [0, 0.1) is 28.6 Å². The largest absolute Gasteiger partial charge is 0.441 e. The molecule has 0 aromatic heterocycles. The number of allylic oxidation sites excluding steroid dienone is 1. The van der Waals surface area contributed by atoms with Gasteiger partial charge in [-0.1, -0.05) is 19.4 Å². The summed E-state index contributed by atoms with van der Waals surface area (Å²) in [4.78, 5) is 38.1. The maximum atomic E-state index is 13.1. The Hall–Kier alpha value is -1.73. The zero-order valence-corrected chi connectivity index (χ0v) is 19.0.